The van der Waals surface area contributed by atoms with E-state index < -0.39 is 23.8 Å². The highest BCUT2D eigenvalue weighted by Crippen LogP contribution is 2.25. The van der Waals surface area contributed by atoms with Crippen molar-refractivity contribution in [3.63, 3.8) is 0 Å². The molecular formula is C14H21NO4. The first-order valence-corrected chi connectivity index (χ1v) is 6.16. The third-order valence-corrected chi connectivity index (χ3v) is 2.47. The van der Waals surface area contributed by atoms with Crippen LogP contribution in [-0.2, 0) is 4.74 Å². The summed E-state index contributed by atoms with van der Waals surface area (Å²) in [6.07, 6.45) is -1.61. The van der Waals surface area contributed by atoms with Crippen molar-refractivity contribution in [2.75, 3.05) is 0 Å². The lowest BCUT2D eigenvalue weighted by molar-refractivity contribution is 0.0433. The van der Waals surface area contributed by atoms with E-state index in [1.165, 1.54) is 6.07 Å². The van der Waals surface area contributed by atoms with E-state index in [-0.39, 0.29) is 5.75 Å². The lowest BCUT2D eigenvalue weighted by Crippen LogP contribution is -2.40. The molecule has 3 N–H and O–H groups in total. The van der Waals surface area contributed by atoms with E-state index in [4.69, 9.17) is 4.74 Å². The van der Waals surface area contributed by atoms with Gasteiger partial charge in [0.05, 0.1) is 6.04 Å². The van der Waals surface area contributed by atoms with Crippen molar-refractivity contribution in [1.82, 2.24) is 5.32 Å². The first-order valence-electron chi connectivity index (χ1n) is 6.16. The maximum atomic E-state index is 11.6. The summed E-state index contributed by atoms with van der Waals surface area (Å²) in [5.74, 6) is -0.00663. The lowest BCUT2D eigenvalue weighted by atomic mass is 10.0. The highest BCUT2D eigenvalue weighted by molar-refractivity contribution is 5.68. The molecule has 0 aliphatic rings. The molecule has 19 heavy (non-hydrogen) atoms. The SMILES string of the molecule is CC(NC(=O)OC(C)(C)C)C(O)c1ccccc1O. The van der Waals surface area contributed by atoms with Crippen LogP contribution in [-0.4, -0.2) is 27.9 Å². The van der Waals surface area contributed by atoms with E-state index in [2.05, 4.69) is 5.32 Å². The van der Waals surface area contributed by atoms with Gasteiger partial charge in [-0.3, -0.25) is 0 Å². The molecular weight excluding hydrogens is 246 g/mol. The highest BCUT2D eigenvalue weighted by atomic mass is 16.6. The van der Waals surface area contributed by atoms with Crippen LogP contribution in [0.25, 0.3) is 0 Å². The second kappa shape index (κ2) is 5.93. The Morgan fingerprint density at radius 1 is 1.32 bits per heavy atom. The quantitative estimate of drug-likeness (QED) is 0.785. The Morgan fingerprint density at radius 3 is 2.42 bits per heavy atom. The molecule has 1 aromatic rings. The first kappa shape index (κ1) is 15.3. The maximum Gasteiger partial charge on any atom is 0.407 e. The van der Waals surface area contributed by atoms with E-state index in [0.717, 1.165) is 0 Å². The van der Waals surface area contributed by atoms with Crippen LogP contribution in [0, 0.1) is 0 Å². The number of alkyl carbamates (subject to hydrolysis) is 1. The minimum Gasteiger partial charge on any atom is -0.508 e. The fraction of sp³-hybridized carbons (Fsp3) is 0.500. The van der Waals surface area contributed by atoms with Gasteiger partial charge in [-0.1, -0.05) is 18.2 Å². The summed E-state index contributed by atoms with van der Waals surface area (Å²) in [4.78, 5) is 11.6. The summed E-state index contributed by atoms with van der Waals surface area (Å²) < 4.78 is 5.10. The topological polar surface area (TPSA) is 78.8 Å². The van der Waals surface area contributed by atoms with Crippen LogP contribution in [0.1, 0.15) is 39.4 Å². The van der Waals surface area contributed by atoms with E-state index >= 15 is 0 Å². The second-order valence-electron chi connectivity index (χ2n) is 5.44. The number of aliphatic hydroxyl groups is 1. The predicted octanol–water partition coefficient (Wildman–Crippen LogP) is 2.34. The lowest BCUT2D eigenvalue weighted by Gasteiger charge is -2.24. The molecule has 0 radical (unpaired) electrons. The standard InChI is InChI=1S/C14H21NO4/c1-9(15-13(18)19-14(2,3)4)12(17)10-7-5-6-8-11(10)16/h5-9,12,16-17H,1-4H3,(H,15,18). The normalized spacial score (nSPS) is 14.6. The van der Waals surface area contributed by atoms with Gasteiger partial charge in [-0.2, -0.15) is 0 Å². The molecule has 0 spiro atoms. The number of rotatable bonds is 3. The summed E-state index contributed by atoms with van der Waals surface area (Å²) in [5, 5.41) is 22.3. The molecule has 106 valence electrons. The van der Waals surface area contributed by atoms with Gasteiger partial charge in [0.15, 0.2) is 0 Å². The maximum absolute atomic E-state index is 11.6. The van der Waals surface area contributed by atoms with Crippen molar-refractivity contribution in [2.24, 2.45) is 0 Å². The van der Waals surface area contributed by atoms with Crippen LogP contribution >= 0.6 is 0 Å². The zero-order valence-electron chi connectivity index (χ0n) is 11.7. The molecule has 0 aliphatic heterocycles. The number of amides is 1. The number of para-hydroxylation sites is 1. The number of hydrogen-bond donors (Lipinski definition) is 3. The van der Waals surface area contributed by atoms with Gasteiger partial charge in [0, 0.05) is 5.56 Å². The summed E-state index contributed by atoms with van der Waals surface area (Å²) in [5.41, 5.74) is -0.227. The summed E-state index contributed by atoms with van der Waals surface area (Å²) >= 11 is 0. The minimum atomic E-state index is -1.01. The number of phenolic OH excluding ortho intramolecular Hbond substituents is 1. The van der Waals surface area contributed by atoms with Crippen LogP contribution in [0.4, 0.5) is 4.79 Å². The molecule has 2 atom stereocenters. The van der Waals surface area contributed by atoms with Gasteiger partial charge < -0.3 is 20.3 Å². The number of hydrogen-bond acceptors (Lipinski definition) is 4. The molecule has 0 aromatic heterocycles. The molecule has 0 heterocycles. The van der Waals surface area contributed by atoms with Gasteiger partial charge in [0.2, 0.25) is 0 Å². The molecule has 2 unspecified atom stereocenters. The van der Waals surface area contributed by atoms with Crippen LogP contribution in [0.3, 0.4) is 0 Å². The molecule has 5 heteroatoms. The average Bonchev–Trinajstić information content (AvgIpc) is 2.26. The zero-order chi connectivity index (χ0) is 14.6. The Labute approximate surface area is 113 Å². The van der Waals surface area contributed by atoms with Gasteiger partial charge in [-0.15, -0.1) is 0 Å². The Kier molecular flexibility index (Phi) is 4.78. The molecule has 1 aromatic carbocycles. The van der Waals surface area contributed by atoms with Gasteiger partial charge in [0.25, 0.3) is 0 Å². The number of carbonyl (C=O) groups excluding carboxylic acids is 1. The van der Waals surface area contributed by atoms with Crippen molar-refractivity contribution in [1.29, 1.82) is 0 Å². The number of ether oxygens (including phenoxy) is 1. The van der Waals surface area contributed by atoms with E-state index in [9.17, 15) is 15.0 Å². The summed E-state index contributed by atoms with van der Waals surface area (Å²) in [6.45, 7) is 6.92. The largest absolute Gasteiger partial charge is 0.508 e. The summed E-state index contributed by atoms with van der Waals surface area (Å²) in [6, 6.07) is 5.88. The van der Waals surface area contributed by atoms with Crippen molar-refractivity contribution >= 4 is 6.09 Å². The Morgan fingerprint density at radius 2 is 1.89 bits per heavy atom. The van der Waals surface area contributed by atoms with Gasteiger partial charge in [0.1, 0.15) is 17.5 Å². The average molecular weight is 267 g/mol. The Bertz CT molecular complexity index is 439. The number of carbonyl (C=O) groups is 1. The zero-order valence-corrected chi connectivity index (χ0v) is 11.7. The Hall–Kier alpha value is -1.75. The minimum absolute atomic E-state index is 0.00663. The summed E-state index contributed by atoms with van der Waals surface area (Å²) in [7, 11) is 0. The van der Waals surface area contributed by atoms with Gasteiger partial charge >= 0.3 is 6.09 Å². The molecule has 1 rings (SSSR count). The van der Waals surface area contributed by atoms with Crippen molar-refractivity contribution in [3.8, 4) is 5.75 Å². The van der Waals surface area contributed by atoms with Crippen molar-refractivity contribution in [2.45, 2.75) is 45.4 Å². The van der Waals surface area contributed by atoms with Crippen LogP contribution in [0.2, 0.25) is 0 Å². The number of benzene rings is 1. The molecule has 0 aliphatic carbocycles. The first-order chi connectivity index (χ1) is 8.70. The van der Waals surface area contributed by atoms with Crippen LogP contribution < -0.4 is 5.32 Å². The van der Waals surface area contributed by atoms with Gasteiger partial charge in [-0.05, 0) is 33.8 Å². The third-order valence-electron chi connectivity index (χ3n) is 2.47. The number of nitrogens with one attached hydrogen (secondary N) is 1. The van der Waals surface area contributed by atoms with E-state index in [1.807, 2.05) is 0 Å². The molecule has 0 bridgehead atoms. The number of aromatic hydroxyl groups is 1. The molecule has 0 fully saturated rings. The fourth-order valence-corrected chi connectivity index (χ4v) is 1.58. The van der Waals surface area contributed by atoms with Crippen LogP contribution in [0.15, 0.2) is 24.3 Å². The third kappa shape index (κ3) is 4.79. The number of phenols is 1. The number of aliphatic hydroxyl groups excluding tert-OH is 1. The highest BCUT2D eigenvalue weighted by Gasteiger charge is 2.23. The monoisotopic (exact) mass is 267 g/mol. The second-order valence-corrected chi connectivity index (χ2v) is 5.44. The van der Waals surface area contributed by atoms with E-state index in [0.29, 0.717) is 5.56 Å². The molecule has 5 nitrogen and oxygen atoms in total. The van der Waals surface area contributed by atoms with Crippen molar-refractivity contribution in [3.05, 3.63) is 29.8 Å². The molecule has 1 amide bonds. The molecule has 0 saturated carbocycles. The van der Waals surface area contributed by atoms with E-state index in [1.54, 1.807) is 45.9 Å². The van der Waals surface area contributed by atoms with Crippen LogP contribution in [0.5, 0.6) is 5.75 Å². The fourth-order valence-electron chi connectivity index (χ4n) is 1.58. The Balaban J connectivity index is 2.66. The van der Waals surface area contributed by atoms with Crippen molar-refractivity contribution < 1.29 is 19.7 Å². The smallest absolute Gasteiger partial charge is 0.407 e. The molecule has 0 saturated heterocycles. The van der Waals surface area contributed by atoms with Gasteiger partial charge in [-0.25, -0.2) is 4.79 Å². The predicted molar refractivity (Wildman–Crippen MR) is 71.9 cm³/mol.